The van der Waals surface area contributed by atoms with Gasteiger partial charge < -0.3 is 9.88 Å². The fourth-order valence-electron chi connectivity index (χ4n) is 3.38. The Bertz CT molecular complexity index is 1050. The summed E-state index contributed by atoms with van der Waals surface area (Å²) in [4.78, 5) is 17.2. The van der Waals surface area contributed by atoms with Crippen LogP contribution in [0.5, 0.6) is 0 Å². The molecule has 0 fully saturated rings. The summed E-state index contributed by atoms with van der Waals surface area (Å²) in [5.41, 5.74) is 3.86. The molecule has 1 heterocycles. The second kappa shape index (κ2) is 7.46. The Kier molecular flexibility index (Phi) is 4.71. The molecule has 4 heteroatoms. The van der Waals surface area contributed by atoms with Crippen LogP contribution in [0.2, 0.25) is 0 Å². The van der Waals surface area contributed by atoms with E-state index in [0.717, 1.165) is 16.9 Å². The van der Waals surface area contributed by atoms with Gasteiger partial charge in [-0.25, -0.2) is 4.98 Å². The number of carbonyl (C=O) groups excluding carboxylic acids is 1. The van der Waals surface area contributed by atoms with Gasteiger partial charge in [0.1, 0.15) is 5.82 Å². The number of rotatable bonds is 5. The van der Waals surface area contributed by atoms with Gasteiger partial charge >= 0.3 is 0 Å². The minimum atomic E-state index is -0.0958. The molecule has 0 radical (unpaired) electrons. The number of hydrogen-bond donors (Lipinski definition) is 1. The third-order valence-corrected chi connectivity index (χ3v) is 4.78. The van der Waals surface area contributed by atoms with Crippen LogP contribution in [0.3, 0.4) is 0 Å². The molecule has 1 amide bonds. The molecule has 27 heavy (non-hydrogen) atoms. The van der Waals surface area contributed by atoms with Gasteiger partial charge in [-0.2, -0.15) is 0 Å². The third-order valence-electron chi connectivity index (χ3n) is 4.78. The minimum absolute atomic E-state index is 0.0958. The summed E-state index contributed by atoms with van der Waals surface area (Å²) in [5, 5.41) is 3.00. The molecule has 0 aliphatic carbocycles. The SMILES string of the molecule is C[C@@H](c1ccccc1)n1c(CNC(=O)c2ccccc2)nc2ccccc21. The molecule has 4 aromatic rings. The van der Waals surface area contributed by atoms with Crippen LogP contribution in [-0.4, -0.2) is 15.5 Å². The molecular formula is C23H21N3O. The van der Waals surface area contributed by atoms with Crippen LogP contribution in [0.4, 0.5) is 0 Å². The lowest BCUT2D eigenvalue weighted by molar-refractivity contribution is 0.0949. The first kappa shape index (κ1) is 17.0. The van der Waals surface area contributed by atoms with Gasteiger partial charge in [0.15, 0.2) is 0 Å². The van der Waals surface area contributed by atoms with Crippen molar-refractivity contribution in [2.75, 3.05) is 0 Å². The average Bonchev–Trinajstić information content (AvgIpc) is 3.11. The lowest BCUT2D eigenvalue weighted by atomic mass is 10.1. The molecule has 4 rings (SSSR count). The Labute approximate surface area is 158 Å². The molecule has 0 saturated carbocycles. The first-order valence-corrected chi connectivity index (χ1v) is 9.08. The fraction of sp³-hybridized carbons (Fsp3) is 0.130. The summed E-state index contributed by atoms with van der Waals surface area (Å²) >= 11 is 0. The van der Waals surface area contributed by atoms with Gasteiger partial charge in [-0.3, -0.25) is 4.79 Å². The number of nitrogens with zero attached hydrogens (tertiary/aromatic N) is 2. The van der Waals surface area contributed by atoms with E-state index < -0.39 is 0 Å². The van der Waals surface area contributed by atoms with Crippen LogP contribution in [0.15, 0.2) is 84.9 Å². The lowest BCUT2D eigenvalue weighted by Gasteiger charge is -2.18. The van der Waals surface area contributed by atoms with Gasteiger partial charge in [-0.1, -0.05) is 60.7 Å². The maximum Gasteiger partial charge on any atom is 0.251 e. The van der Waals surface area contributed by atoms with Crippen LogP contribution < -0.4 is 5.32 Å². The smallest absolute Gasteiger partial charge is 0.251 e. The zero-order valence-corrected chi connectivity index (χ0v) is 15.2. The van der Waals surface area contributed by atoms with Crippen molar-refractivity contribution in [1.82, 2.24) is 14.9 Å². The Morgan fingerprint density at radius 1 is 0.926 bits per heavy atom. The molecular weight excluding hydrogens is 334 g/mol. The quantitative estimate of drug-likeness (QED) is 0.570. The number of benzene rings is 3. The Morgan fingerprint density at radius 3 is 2.30 bits per heavy atom. The zero-order valence-electron chi connectivity index (χ0n) is 15.2. The highest BCUT2D eigenvalue weighted by molar-refractivity contribution is 5.94. The van der Waals surface area contributed by atoms with Gasteiger partial charge in [0.2, 0.25) is 0 Å². The number of aromatic nitrogens is 2. The lowest BCUT2D eigenvalue weighted by Crippen LogP contribution is -2.25. The van der Waals surface area contributed by atoms with Gasteiger partial charge in [0.05, 0.1) is 23.6 Å². The van der Waals surface area contributed by atoms with E-state index in [1.165, 1.54) is 5.56 Å². The molecule has 0 spiro atoms. The molecule has 1 N–H and O–H groups in total. The van der Waals surface area contributed by atoms with Crippen molar-refractivity contribution in [2.24, 2.45) is 0 Å². The van der Waals surface area contributed by atoms with Crippen molar-refractivity contribution in [1.29, 1.82) is 0 Å². The van der Waals surface area contributed by atoms with Crippen molar-refractivity contribution >= 4 is 16.9 Å². The van der Waals surface area contributed by atoms with E-state index in [9.17, 15) is 4.79 Å². The molecule has 1 atom stereocenters. The highest BCUT2D eigenvalue weighted by Gasteiger charge is 2.17. The number of amides is 1. The van der Waals surface area contributed by atoms with E-state index in [0.29, 0.717) is 12.1 Å². The van der Waals surface area contributed by atoms with Gasteiger partial charge in [-0.05, 0) is 36.8 Å². The Balaban J connectivity index is 1.67. The topological polar surface area (TPSA) is 46.9 Å². The van der Waals surface area contributed by atoms with Crippen molar-refractivity contribution < 1.29 is 4.79 Å². The van der Waals surface area contributed by atoms with Gasteiger partial charge in [-0.15, -0.1) is 0 Å². The fourth-order valence-corrected chi connectivity index (χ4v) is 3.38. The van der Waals surface area contributed by atoms with Gasteiger partial charge in [0.25, 0.3) is 5.91 Å². The molecule has 0 aliphatic rings. The third kappa shape index (κ3) is 3.47. The highest BCUT2D eigenvalue weighted by atomic mass is 16.1. The molecule has 0 aliphatic heterocycles. The molecule has 4 nitrogen and oxygen atoms in total. The van der Waals surface area contributed by atoms with E-state index in [1.54, 1.807) is 0 Å². The van der Waals surface area contributed by atoms with Crippen LogP contribution in [0, 0.1) is 0 Å². The van der Waals surface area contributed by atoms with Gasteiger partial charge in [0, 0.05) is 5.56 Å². The van der Waals surface area contributed by atoms with E-state index >= 15 is 0 Å². The number of nitrogens with one attached hydrogen (secondary N) is 1. The Morgan fingerprint density at radius 2 is 1.56 bits per heavy atom. The van der Waals surface area contributed by atoms with E-state index in [-0.39, 0.29) is 11.9 Å². The largest absolute Gasteiger partial charge is 0.345 e. The number of para-hydroxylation sites is 2. The van der Waals surface area contributed by atoms with Crippen LogP contribution >= 0.6 is 0 Å². The summed E-state index contributed by atoms with van der Waals surface area (Å²) in [6, 6.07) is 27.8. The summed E-state index contributed by atoms with van der Waals surface area (Å²) in [5.74, 6) is 0.749. The minimum Gasteiger partial charge on any atom is -0.345 e. The van der Waals surface area contributed by atoms with E-state index in [2.05, 4.69) is 35.0 Å². The van der Waals surface area contributed by atoms with Crippen molar-refractivity contribution in [2.45, 2.75) is 19.5 Å². The van der Waals surface area contributed by atoms with Crippen molar-refractivity contribution in [3.8, 4) is 0 Å². The standard InChI is InChI=1S/C23H21N3O/c1-17(18-10-4-2-5-11-18)26-21-15-9-8-14-20(21)25-22(26)16-24-23(27)19-12-6-3-7-13-19/h2-15,17H,16H2,1H3,(H,24,27)/t17-/m0/s1. The monoisotopic (exact) mass is 355 g/mol. The number of carbonyl (C=O) groups is 1. The van der Waals surface area contributed by atoms with Crippen molar-refractivity contribution in [3.63, 3.8) is 0 Å². The predicted molar refractivity (Wildman–Crippen MR) is 108 cm³/mol. The summed E-state index contributed by atoms with van der Waals surface area (Å²) in [6.07, 6.45) is 0. The summed E-state index contributed by atoms with van der Waals surface area (Å²) in [7, 11) is 0. The Hall–Kier alpha value is -3.40. The molecule has 0 unspecified atom stereocenters. The van der Waals surface area contributed by atoms with Crippen LogP contribution in [0.1, 0.15) is 34.7 Å². The first-order chi connectivity index (χ1) is 13.2. The number of fused-ring (bicyclic) bond motifs is 1. The van der Waals surface area contributed by atoms with Crippen molar-refractivity contribution in [3.05, 3.63) is 102 Å². The second-order valence-electron chi connectivity index (χ2n) is 6.52. The molecule has 0 bridgehead atoms. The molecule has 0 saturated heterocycles. The van der Waals surface area contributed by atoms with E-state index in [4.69, 9.17) is 4.98 Å². The van der Waals surface area contributed by atoms with E-state index in [1.807, 2.05) is 66.7 Å². The maximum atomic E-state index is 12.4. The zero-order chi connectivity index (χ0) is 18.6. The second-order valence-corrected chi connectivity index (χ2v) is 6.52. The predicted octanol–water partition coefficient (Wildman–Crippen LogP) is 4.58. The average molecular weight is 355 g/mol. The van der Waals surface area contributed by atoms with Crippen LogP contribution in [0.25, 0.3) is 11.0 Å². The number of imidazole rings is 1. The molecule has 134 valence electrons. The molecule has 3 aromatic carbocycles. The summed E-state index contributed by atoms with van der Waals surface area (Å²) < 4.78 is 2.20. The first-order valence-electron chi connectivity index (χ1n) is 9.08. The maximum absolute atomic E-state index is 12.4. The molecule has 1 aromatic heterocycles. The van der Waals surface area contributed by atoms with Crippen LogP contribution in [-0.2, 0) is 6.54 Å². The summed E-state index contributed by atoms with van der Waals surface area (Å²) in [6.45, 7) is 2.53. The number of hydrogen-bond acceptors (Lipinski definition) is 2. The normalized spacial score (nSPS) is 12.0. The highest BCUT2D eigenvalue weighted by Crippen LogP contribution is 2.26.